The van der Waals surface area contributed by atoms with Crippen molar-refractivity contribution in [3.63, 3.8) is 0 Å². The van der Waals surface area contributed by atoms with E-state index in [2.05, 4.69) is 16.4 Å². The molecular formula is C19H20N2O3S2. The number of amides is 1. The van der Waals surface area contributed by atoms with Crippen molar-refractivity contribution in [2.45, 2.75) is 12.8 Å². The maximum atomic E-state index is 12.1. The fourth-order valence-corrected chi connectivity index (χ4v) is 4.02. The zero-order chi connectivity index (χ0) is 18.4. The number of nitrogens with one attached hydrogen (secondary N) is 1. The largest absolute Gasteiger partial charge is 0.493 e. The zero-order valence-electron chi connectivity index (χ0n) is 14.7. The van der Waals surface area contributed by atoms with Gasteiger partial charge in [-0.05, 0) is 36.1 Å². The molecule has 5 nitrogen and oxygen atoms in total. The van der Waals surface area contributed by atoms with Crippen LogP contribution in [-0.2, 0) is 17.6 Å². The minimum atomic E-state index is -0.00859. The summed E-state index contributed by atoms with van der Waals surface area (Å²) in [6.07, 6.45) is 1.14. The lowest BCUT2D eigenvalue weighted by Crippen LogP contribution is -2.27. The van der Waals surface area contributed by atoms with Crippen LogP contribution >= 0.6 is 22.7 Å². The fraction of sp³-hybridized carbons (Fsp3) is 0.263. The molecule has 1 N–H and O–H groups in total. The average molecular weight is 389 g/mol. The first-order valence-electron chi connectivity index (χ1n) is 8.15. The van der Waals surface area contributed by atoms with Gasteiger partial charge in [0, 0.05) is 22.4 Å². The molecule has 2 aromatic heterocycles. The first-order valence-corrected chi connectivity index (χ1v) is 9.91. The summed E-state index contributed by atoms with van der Waals surface area (Å²) in [5, 5.41) is 7.77. The van der Waals surface area contributed by atoms with Crippen molar-refractivity contribution < 1.29 is 14.3 Å². The SMILES string of the molecule is COc1ccc(-c2nc(CC(=O)NCCc3cccs3)cs2)cc1OC. The Labute approximate surface area is 160 Å². The van der Waals surface area contributed by atoms with Gasteiger partial charge in [-0.25, -0.2) is 4.98 Å². The predicted molar refractivity (Wildman–Crippen MR) is 105 cm³/mol. The summed E-state index contributed by atoms with van der Waals surface area (Å²) in [6, 6.07) is 9.78. The highest BCUT2D eigenvalue weighted by molar-refractivity contribution is 7.13. The van der Waals surface area contributed by atoms with E-state index in [0.29, 0.717) is 18.0 Å². The van der Waals surface area contributed by atoms with Crippen molar-refractivity contribution in [1.82, 2.24) is 10.3 Å². The van der Waals surface area contributed by atoms with Crippen molar-refractivity contribution in [1.29, 1.82) is 0 Å². The molecule has 0 saturated carbocycles. The van der Waals surface area contributed by atoms with Crippen LogP contribution in [0.25, 0.3) is 10.6 Å². The number of thiophene rings is 1. The second kappa shape index (κ2) is 8.82. The smallest absolute Gasteiger partial charge is 0.226 e. The molecule has 0 fully saturated rings. The van der Waals surface area contributed by atoms with Gasteiger partial charge in [0.1, 0.15) is 5.01 Å². The van der Waals surface area contributed by atoms with Crippen molar-refractivity contribution in [3.8, 4) is 22.1 Å². The van der Waals surface area contributed by atoms with Crippen molar-refractivity contribution in [2.75, 3.05) is 20.8 Å². The highest BCUT2D eigenvalue weighted by Crippen LogP contribution is 2.33. The van der Waals surface area contributed by atoms with E-state index < -0.39 is 0 Å². The topological polar surface area (TPSA) is 60.5 Å². The second-order valence-electron chi connectivity index (χ2n) is 5.57. The molecule has 0 aliphatic carbocycles. The van der Waals surface area contributed by atoms with Gasteiger partial charge in [-0.1, -0.05) is 6.07 Å². The normalized spacial score (nSPS) is 10.5. The lowest BCUT2D eigenvalue weighted by molar-refractivity contribution is -0.120. The van der Waals surface area contributed by atoms with Gasteiger partial charge in [0.15, 0.2) is 11.5 Å². The fourth-order valence-electron chi connectivity index (χ4n) is 2.50. The van der Waals surface area contributed by atoms with Crippen LogP contribution in [0.4, 0.5) is 0 Å². The zero-order valence-corrected chi connectivity index (χ0v) is 16.3. The lowest BCUT2D eigenvalue weighted by Gasteiger charge is -2.08. The third-order valence-corrected chi connectivity index (χ3v) is 5.67. The molecule has 0 unspecified atom stereocenters. The predicted octanol–water partition coefficient (Wildman–Crippen LogP) is 3.79. The quantitative estimate of drug-likeness (QED) is 0.638. The molecule has 3 rings (SSSR count). The summed E-state index contributed by atoms with van der Waals surface area (Å²) >= 11 is 3.22. The maximum absolute atomic E-state index is 12.1. The Balaban J connectivity index is 1.58. The summed E-state index contributed by atoms with van der Waals surface area (Å²) in [4.78, 5) is 17.9. The molecule has 0 saturated heterocycles. The van der Waals surface area contributed by atoms with E-state index in [-0.39, 0.29) is 12.3 Å². The molecule has 0 radical (unpaired) electrons. The third kappa shape index (κ3) is 4.62. The molecular weight excluding hydrogens is 368 g/mol. The van der Waals surface area contributed by atoms with E-state index in [0.717, 1.165) is 22.7 Å². The third-order valence-electron chi connectivity index (χ3n) is 3.80. The minimum absolute atomic E-state index is 0.00859. The number of methoxy groups -OCH3 is 2. The standard InChI is InChI=1S/C19H20N2O3S2/c1-23-16-6-5-13(10-17(16)24-2)19-21-14(12-26-19)11-18(22)20-8-7-15-4-3-9-25-15/h3-6,9-10,12H,7-8,11H2,1-2H3,(H,20,22). The monoisotopic (exact) mass is 388 g/mol. The summed E-state index contributed by atoms with van der Waals surface area (Å²) in [6.45, 7) is 0.645. The van der Waals surface area contributed by atoms with Crippen LogP contribution in [0.15, 0.2) is 41.1 Å². The van der Waals surface area contributed by atoms with Crippen LogP contribution in [-0.4, -0.2) is 31.7 Å². The van der Waals surface area contributed by atoms with Crippen molar-refractivity contribution in [3.05, 3.63) is 51.7 Å². The van der Waals surface area contributed by atoms with Crippen LogP contribution < -0.4 is 14.8 Å². The average Bonchev–Trinajstić information content (AvgIpc) is 3.33. The van der Waals surface area contributed by atoms with Gasteiger partial charge < -0.3 is 14.8 Å². The molecule has 7 heteroatoms. The van der Waals surface area contributed by atoms with Gasteiger partial charge in [-0.3, -0.25) is 4.79 Å². The first kappa shape index (κ1) is 18.4. The molecule has 0 bridgehead atoms. The summed E-state index contributed by atoms with van der Waals surface area (Å²) in [5.41, 5.74) is 1.71. The van der Waals surface area contributed by atoms with Crippen LogP contribution in [0.5, 0.6) is 11.5 Å². The van der Waals surface area contributed by atoms with Gasteiger partial charge in [-0.15, -0.1) is 22.7 Å². The number of aromatic nitrogens is 1. The van der Waals surface area contributed by atoms with Crippen molar-refractivity contribution in [2.24, 2.45) is 0 Å². The van der Waals surface area contributed by atoms with E-state index >= 15 is 0 Å². The van der Waals surface area contributed by atoms with E-state index in [4.69, 9.17) is 9.47 Å². The van der Waals surface area contributed by atoms with Crippen molar-refractivity contribution >= 4 is 28.6 Å². The van der Waals surface area contributed by atoms with E-state index in [9.17, 15) is 4.79 Å². The van der Waals surface area contributed by atoms with Gasteiger partial charge in [0.05, 0.1) is 26.3 Å². The molecule has 0 aliphatic heterocycles. The number of hydrogen-bond acceptors (Lipinski definition) is 6. The summed E-state index contributed by atoms with van der Waals surface area (Å²) < 4.78 is 10.6. The molecule has 26 heavy (non-hydrogen) atoms. The molecule has 0 atom stereocenters. The molecule has 2 heterocycles. The van der Waals surface area contributed by atoms with Gasteiger partial charge in [0.2, 0.25) is 5.91 Å². The summed E-state index contributed by atoms with van der Waals surface area (Å²) in [7, 11) is 3.21. The Bertz CT molecular complexity index is 860. The Morgan fingerprint density at radius 3 is 2.73 bits per heavy atom. The second-order valence-corrected chi connectivity index (χ2v) is 7.46. The van der Waals surface area contributed by atoms with E-state index in [1.165, 1.54) is 16.2 Å². The maximum Gasteiger partial charge on any atom is 0.226 e. The Hall–Kier alpha value is -2.38. The number of rotatable bonds is 8. The number of thiazole rings is 1. The number of nitrogens with zero attached hydrogens (tertiary/aromatic N) is 1. The molecule has 3 aromatic rings. The number of benzene rings is 1. The highest BCUT2D eigenvalue weighted by Gasteiger charge is 2.11. The van der Waals surface area contributed by atoms with Crippen LogP contribution in [0, 0.1) is 0 Å². The Morgan fingerprint density at radius 2 is 2.00 bits per heavy atom. The number of hydrogen-bond donors (Lipinski definition) is 1. The highest BCUT2D eigenvalue weighted by atomic mass is 32.1. The number of ether oxygens (including phenoxy) is 2. The Kier molecular flexibility index (Phi) is 6.25. The molecule has 136 valence electrons. The molecule has 0 aliphatic rings. The first-order chi connectivity index (χ1) is 12.7. The molecule has 1 amide bonds. The Morgan fingerprint density at radius 1 is 1.15 bits per heavy atom. The lowest BCUT2D eigenvalue weighted by atomic mass is 10.2. The van der Waals surface area contributed by atoms with E-state index in [1.807, 2.05) is 35.0 Å². The summed E-state index contributed by atoms with van der Waals surface area (Å²) in [5.74, 6) is 1.33. The number of carbonyl (C=O) groups excluding carboxylic acids is 1. The van der Waals surface area contributed by atoms with Gasteiger partial charge in [0.25, 0.3) is 0 Å². The van der Waals surface area contributed by atoms with Crippen LogP contribution in [0.3, 0.4) is 0 Å². The van der Waals surface area contributed by atoms with Gasteiger partial charge in [-0.2, -0.15) is 0 Å². The van der Waals surface area contributed by atoms with Crippen LogP contribution in [0.1, 0.15) is 10.6 Å². The molecule has 0 spiro atoms. The molecule has 1 aromatic carbocycles. The minimum Gasteiger partial charge on any atom is -0.493 e. The number of carbonyl (C=O) groups is 1. The van der Waals surface area contributed by atoms with E-state index in [1.54, 1.807) is 25.6 Å². The van der Waals surface area contributed by atoms with Gasteiger partial charge >= 0.3 is 0 Å². The van der Waals surface area contributed by atoms with Crippen LogP contribution in [0.2, 0.25) is 0 Å².